The maximum absolute atomic E-state index is 12.3. The maximum Gasteiger partial charge on any atom is 0.265 e. The fourth-order valence-corrected chi connectivity index (χ4v) is 2.65. The minimum Gasteiger partial charge on any atom is -0.481 e. The Morgan fingerprint density at radius 3 is 2.72 bits per heavy atom. The van der Waals surface area contributed by atoms with Crippen molar-refractivity contribution in [3.63, 3.8) is 0 Å². The van der Waals surface area contributed by atoms with Crippen LogP contribution in [0.3, 0.4) is 0 Å². The first-order valence-electron chi connectivity index (χ1n) is 8.50. The summed E-state index contributed by atoms with van der Waals surface area (Å²) in [6.07, 6.45) is 1.98. The number of nitrogens with one attached hydrogen (secondary N) is 1. The molecule has 0 heterocycles. The highest BCUT2D eigenvalue weighted by Crippen LogP contribution is 2.29. The molecule has 132 valence electrons. The molecular weight excluding hydrogens is 382 g/mol. The number of hydrogen-bond donors (Lipinski definition) is 1. The lowest BCUT2D eigenvalue weighted by Crippen LogP contribution is -2.30. The van der Waals surface area contributed by atoms with E-state index in [1.54, 1.807) is 6.92 Å². The van der Waals surface area contributed by atoms with Crippen molar-refractivity contribution in [1.29, 1.82) is 0 Å². The first-order valence-corrected chi connectivity index (χ1v) is 9.29. The molecule has 1 amide bonds. The molecule has 1 aliphatic carbocycles. The Morgan fingerprint density at radius 2 is 2.00 bits per heavy atom. The minimum absolute atomic E-state index is 0.182. The van der Waals surface area contributed by atoms with E-state index in [0.717, 1.165) is 28.2 Å². The topological polar surface area (TPSA) is 47.6 Å². The average Bonchev–Trinajstić information content (AvgIpc) is 3.41. The molecule has 1 N–H and O–H groups in total. The molecule has 0 aliphatic heterocycles. The Kier molecular flexibility index (Phi) is 6.10. The third-order valence-corrected chi connectivity index (χ3v) is 4.54. The zero-order valence-electron chi connectivity index (χ0n) is 14.2. The van der Waals surface area contributed by atoms with E-state index >= 15 is 0 Å². The van der Waals surface area contributed by atoms with Crippen molar-refractivity contribution >= 4 is 27.5 Å². The molecule has 1 aliphatic rings. The molecule has 25 heavy (non-hydrogen) atoms. The first kappa shape index (κ1) is 18.0. The van der Waals surface area contributed by atoms with Crippen LogP contribution in [-0.2, 0) is 16.1 Å². The number of halogens is 1. The van der Waals surface area contributed by atoms with Gasteiger partial charge in [0.1, 0.15) is 5.75 Å². The number of anilines is 1. The molecule has 1 fully saturated rings. The summed E-state index contributed by atoms with van der Waals surface area (Å²) in [5.41, 5.74) is 1.81. The van der Waals surface area contributed by atoms with Gasteiger partial charge in [-0.3, -0.25) is 4.79 Å². The molecule has 1 atom stereocenters. The van der Waals surface area contributed by atoms with Crippen molar-refractivity contribution in [3.8, 4) is 5.75 Å². The summed E-state index contributed by atoms with van der Waals surface area (Å²) in [6.45, 7) is 3.14. The van der Waals surface area contributed by atoms with E-state index in [2.05, 4.69) is 21.2 Å². The molecule has 0 bridgehead atoms. The highest BCUT2D eigenvalue weighted by Gasteiger charge is 2.21. The monoisotopic (exact) mass is 403 g/mol. The number of carbonyl (C=O) groups excluding carboxylic acids is 1. The summed E-state index contributed by atoms with van der Waals surface area (Å²) < 4.78 is 12.3. The van der Waals surface area contributed by atoms with Crippen molar-refractivity contribution in [2.45, 2.75) is 32.5 Å². The summed E-state index contributed by atoms with van der Waals surface area (Å²) in [6, 6.07) is 15.1. The fraction of sp³-hybridized carbons (Fsp3) is 0.350. The van der Waals surface area contributed by atoms with Gasteiger partial charge in [-0.1, -0.05) is 28.1 Å². The van der Waals surface area contributed by atoms with Crippen LogP contribution in [0.4, 0.5) is 5.69 Å². The van der Waals surface area contributed by atoms with Gasteiger partial charge in [0, 0.05) is 16.8 Å². The third kappa shape index (κ3) is 5.87. The van der Waals surface area contributed by atoms with Gasteiger partial charge >= 0.3 is 0 Å². The Hall–Kier alpha value is -1.85. The van der Waals surface area contributed by atoms with E-state index in [1.807, 2.05) is 48.5 Å². The summed E-state index contributed by atoms with van der Waals surface area (Å²) in [7, 11) is 0. The summed E-state index contributed by atoms with van der Waals surface area (Å²) in [4.78, 5) is 12.3. The van der Waals surface area contributed by atoms with Gasteiger partial charge in [-0.05, 0) is 67.6 Å². The Morgan fingerprint density at radius 1 is 1.24 bits per heavy atom. The molecular formula is C20H22BrNO3. The number of benzene rings is 2. The molecule has 2 aromatic rings. The van der Waals surface area contributed by atoms with E-state index in [0.29, 0.717) is 12.4 Å². The predicted octanol–water partition coefficient (Wildman–Crippen LogP) is 4.78. The molecule has 1 saturated carbocycles. The van der Waals surface area contributed by atoms with Gasteiger partial charge in [0.15, 0.2) is 6.10 Å². The second-order valence-electron chi connectivity index (χ2n) is 6.36. The van der Waals surface area contributed by atoms with Gasteiger partial charge in [-0.2, -0.15) is 0 Å². The summed E-state index contributed by atoms with van der Waals surface area (Å²) in [5, 5.41) is 2.90. The Labute approximate surface area is 156 Å². The van der Waals surface area contributed by atoms with E-state index in [9.17, 15) is 4.79 Å². The van der Waals surface area contributed by atoms with Crippen molar-refractivity contribution in [3.05, 3.63) is 58.6 Å². The van der Waals surface area contributed by atoms with Gasteiger partial charge in [-0.15, -0.1) is 0 Å². The predicted molar refractivity (Wildman–Crippen MR) is 102 cm³/mol. The van der Waals surface area contributed by atoms with Crippen LogP contribution in [0.2, 0.25) is 0 Å². The quantitative estimate of drug-likeness (QED) is 0.689. The lowest BCUT2D eigenvalue weighted by molar-refractivity contribution is -0.122. The number of hydrogen-bond acceptors (Lipinski definition) is 3. The van der Waals surface area contributed by atoms with Gasteiger partial charge < -0.3 is 14.8 Å². The molecule has 5 heteroatoms. The van der Waals surface area contributed by atoms with Crippen molar-refractivity contribution in [2.75, 3.05) is 11.9 Å². The first-order chi connectivity index (χ1) is 12.1. The smallest absolute Gasteiger partial charge is 0.265 e. The molecule has 0 spiro atoms. The van der Waals surface area contributed by atoms with Crippen molar-refractivity contribution in [1.82, 2.24) is 0 Å². The lowest BCUT2D eigenvalue weighted by Gasteiger charge is -2.15. The molecule has 0 radical (unpaired) electrons. The Balaban J connectivity index is 1.51. The van der Waals surface area contributed by atoms with E-state index in [-0.39, 0.29) is 5.91 Å². The van der Waals surface area contributed by atoms with Crippen LogP contribution in [0, 0.1) is 5.92 Å². The van der Waals surface area contributed by atoms with Crippen molar-refractivity contribution < 1.29 is 14.3 Å². The van der Waals surface area contributed by atoms with E-state index in [4.69, 9.17) is 9.47 Å². The summed E-state index contributed by atoms with van der Waals surface area (Å²) >= 11 is 3.38. The lowest BCUT2D eigenvalue weighted by atomic mass is 10.2. The second kappa shape index (κ2) is 8.50. The van der Waals surface area contributed by atoms with Gasteiger partial charge in [-0.25, -0.2) is 0 Å². The molecule has 3 rings (SSSR count). The highest BCUT2D eigenvalue weighted by atomic mass is 79.9. The third-order valence-electron chi connectivity index (χ3n) is 4.01. The van der Waals surface area contributed by atoms with Crippen molar-refractivity contribution in [2.24, 2.45) is 5.92 Å². The van der Waals surface area contributed by atoms with Crippen LogP contribution in [0.15, 0.2) is 53.0 Å². The normalized spacial score (nSPS) is 14.8. The molecule has 2 aromatic carbocycles. The second-order valence-corrected chi connectivity index (χ2v) is 7.28. The largest absolute Gasteiger partial charge is 0.481 e. The van der Waals surface area contributed by atoms with E-state index < -0.39 is 6.10 Å². The number of ether oxygens (including phenoxy) is 2. The van der Waals surface area contributed by atoms with Crippen LogP contribution < -0.4 is 10.1 Å². The maximum atomic E-state index is 12.3. The average molecular weight is 404 g/mol. The van der Waals surface area contributed by atoms with Crippen LogP contribution in [0.1, 0.15) is 25.3 Å². The van der Waals surface area contributed by atoms with Crippen LogP contribution >= 0.6 is 15.9 Å². The number of carbonyl (C=O) groups is 1. The van der Waals surface area contributed by atoms with Crippen LogP contribution in [-0.4, -0.2) is 18.6 Å². The molecule has 4 nitrogen and oxygen atoms in total. The highest BCUT2D eigenvalue weighted by molar-refractivity contribution is 9.10. The van der Waals surface area contributed by atoms with Gasteiger partial charge in [0.05, 0.1) is 6.61 Å². The van der Waals surface area contributed by atoms with Crippen LogP contribution in [0.25, 0.3) is 0 Å². The van der Waals surface area contributed by atoms with Crippen LogP contribution in [0.5, 0.6) is 5.75 Å². The Bertz CT molecular complexity index is 713. The fourth-order valence-electron chi connectivity index (χ4n) is 2.38. The zero-order valence-corrected chi connectivity index (χ0v) is 15.8. The van der Waals surface area contributed by atoms with Gasteiger partial charge in [0.2, 0.25) is 0 Å². The summed E-state index contributed by atoms with van der Waals surface area (Å²) in [5.74, 6) is 1.23. The number of amides is 1. The van der Waals surface area contributed by atoms with Gasteiger partial charge in [0.25, 0.3) is 5.91 Å². The standard InChI is InChI=1S/C20H22BrNO3/c1-14(25-19-9-7-17(21)8-10-19)20(23)22-18-4-2-3-16(11-18)13-24-12-15-5-6-15/h2-4,7-11,14-15H,5-6,12-13H2,1H3,(H,22,23). The zero-order chi connectivity index (χ0) is 17.6. The minimum atomic E-state index is -0.587. The SMILES string of the molecule is CC(Oc1ccc(Br)cc1)C(=O)Nc1cccc(COCC2CC2)c1. The molecule has 1 unspecified atom stereocenters. The van der Waals surface area contributed by atoms with E-state index in [1.165, 1.54) is 12.8 Å². The number of rotatable bonds is 8. The molecule has 0 aromatic heterocycles. The molecule has 0 saturated heterocycles.